The molecule has 0 bridgehead atoms. The van der Waals surface area contributed by atoms with E-state index < -0.39 is 24.0 Å². The van der Waals surface area contributed by atoms with Gasteiger partial charge in [0.1, 0.15) is 29.6 Å². The first-order chi connectivity index (χ1) is 37.5. The van der Waals surface area contributed by atoms with Crippen LogP contribution in [0.5, 0.6) is 0 Å². The molecule has 4 heterocycles. The summed E-state index contributed by atoms with van der Waals surface area (Å²) in [5, 5.41) is 19.1. The van der Waals surface area contributed by atoms with Gasteiger partial charge in [0.15, 0.2) is 0 Å². The molecule has 2 aliphatic heterocycles. The lowest BCUT2D eigenvalue weighted by atomic mass is 9.95. The summed E-state index contributed by atoms with van der Waals surface area (Å²) in [6.07, 6.45) is 15.6. The first kappa shape index (κ1) is 53.5. The van der Waals surface area contributed by atoms with Crippen molar-refractivity contribution in [2.75, 3.05) is 4.90 Å². The zero-order valence-electron chi connectivity index (χ0n) is 42.7. The Bertz CT molecular complexity index is 3660. The van der Waals surface area contributed by atoms with Gasteiger partial charge in [0, 0.05) is 36.3 Å². The van der Waals surface area contributed by atoms with Gasteiger partial charge < -0.3 is 15.1 Å². The number of thiazole rings is 2. The van der Waals surface area contributed by atoms with Crippen LogP contribution in [0.25, 0.3) is 22.6 Å². The number of unbranched alkanes of at least 4 members (excludes halogenated alkanes) is 8. The first-order valence-corrected chi connectivity index (χ1v) is 29.4. The van der Waals surface area contributed by atoms with Crippen molar-refractivity contribution >= 4 is 103 Å². The quantitative estimate of drug-likeness (QED) is 0.0406. The fraction of sp³-hybridized carbons (Fsp3) is 0.290. The number of thioether (sulfide) groups is 1. The van der Waals surface area contributed by atoms with Gasteiger partial charge >= 0.3 is 11.9 Å². The van der Waals surface area contributed by atoms with Crippen molar-refractivity contribution in [3.8, 4) is 0 Å². The summed E-state index contributed by atoms with van der Waals surface area (Å²) in [5.41, 5.74) is 8.89. The molecule has 2 fully saturated rings. The number of aromatic nitrogens is 2. The van der Waals surface area contributed by atoms with E-state index in [9.17, 15) is 29.1 Å². The molecule has 1 amide bonds. The van der Waals surface area contributed by atoms with Crippen LogP contribution in [-0.2, 0) is 34.0 Å². The van der Waals surface area contributed by atoms with Crippen LogP contribution >= 0.6 is 46.7 Å². The highest BCUT2D eigenvalue weighted by Gasteiger charge is 2.42. The highest BCUT2D eigenvalue weighted by Crippen LogP contribution is 2.52. The zero-order chi connectivity index (χ0) is 53.4. The Labute approximate surface area is 464 Å². The third-order valence-corrected chi connectivity index (χ3v) is 18.8. The van der Waals surface area contributed by atoms with Gasteiger partial charge in [0.05, 0.1) is 11.1 Å². The summed E-state index contributed by atoms with van der Waals surface area (Å²) in [6.45, 7) is -0.0332. The van der Waals surface area contributed by atoms with Crippen LogP contribution < -0.4 is 25.2 Å². The second kappa shape index (κ2) is 24.6. The maximum absolute atomic E-state index is 14.8. The summed E-state index contributed by atoms with van der Waals surface area (Å²) in [7, 11) is 0. The molecule has 1 saturated carbocycles. The molecule has 15 heteroatoms. The maximum Gasteiger partial charge on any atom is 0.323 e. The molecule has 394 valence electrons. The molecule has 0 spiro atoms. The lowest BCUT2D eigenvalue weighted by molar-refractivity contribution is -0.138. The fourth-order valence-corrected chi connectivity index (χ4v) is 14.8. The number of thiocarbonyl (C=S) groups is 1. The number of fused-ring (bicyclic) bond motifs is 3. The first-order valence-electron chi connectivity index (χ1n) is 26.6. The predicted octanol–water partition coefficient (Wildman–Crippen LogP) is 11.9. The van der Waals surface area contributed by atoms with Crippen molar-refractivity contribution in [1.29, 1.82) is 0 Å². The van der Waals surface area contributed by atoms with Gasteiger partial charge in [-0.15, -0.1) is 22.7 Å². The topological polar surface area (TPSA) is 142 Å². The van der Waals surface area contributed by atoms with Gasteiger partial charge in [-0.1, -0.05) is 185 Å². The van der Waals surface area contributed by atoms with Crippen LogP contribution in [0.2, 0.25) is 0 Å². The van der Waals surface area contributed by atoms with Crippen molar-refractivity contribution in [2.45, 2.75) is 115 Å². The molecular weight excluding hydrogens is 1040 g/mol. The number of amides is 1. The van der Waals surface area contributed by atoms with Gasteiger partial charge in [0.25, 0.3) is 17.0 Å². The molecule has 1 aliphatic carbocycles. The lowest BCUT2D eigenvalue weighted by Crippen LogP contribution is -2.31. The van der Waals surface area contributed by atoms with Crippen molar-refractivity contribution in [3.63, 3.8) is 0 Å². The van der Waals surface area contributed by atoms with E-state index in [1.807, 2.05) is 54.6 Å². The number of carboxylic acid groups (broad SMARTS) is 2. The van der Waals surface area contributed by atoms with Crippen LogP contribution in [-0.4, -0.2) is 52.5 Å². The predicted molar refractivity (Wildman–Crippen MR) is 315 cm³/mol. The molecule has 2 atom stereocenters. The molecule has 1 saturated heterocycles. The fourth-order valence-electron chi connectivity index (χ4n) is 11.0. The second-order valence-corrected chi connectivity index (χ2v) is 23.6. The Morgan fingerprint density at radius 1 is 0.649 bits per heavy atom. The Hall–Kier alpha value is -6.91. The Balaban J connectivity index is 0.976. The largest absolute Gasteiger partial charge is 0.481 e. The Morgan fingerprint density at radius 3 is 1.92 bits per heavy atom. The van der Waals surface area contributed by atoms with Crippen LogP contribution in [0.1, 0.15) is 123 Å². The smallest absolute Gasteiger partial charge is 0.323 e. The minimum atomic E-state index is -1.21. The third kappa shape index (κ3) is 12.1. The van der Waals surface area contributed by atoms with E-state index in [1.54, 1.807) is 9.47 Å². The number of nitrogens with zero attached hydrogens (tertiary/aromatic N) is 4. The number of hydrogen-bond donors (Lipinski definition) is 2. The van der Waals surface area contributed by atoms with E-state index in [0.29, 0.717) is 43.7 Å². The van der Waals surface area contributed by atoms with E-state index in [2.05, 4.69) is 95.9 Å². The van der Waals surface area contributed by atoms with Crippen LogP contribution in [0.4, 0.5) is 11.4 Å². The van der Waals surface area contributed by atoms with Gasteiger partial charge in [-0.05, 0) is 101 Å². The van der Waals surface area contributed by atoms with E-state index in [1.165, 1.54) is 10.1 Å². The molecule has 7 aromatic rings. The van der Waals surface area contributed by atoms with Gasteiger partial charge in [0.2, 0.25) is 0 Å². The molecule has 11 nitrogen and oxygen atoms in total. The molecule has 77 heavy (non-hydrogen) atoms. The van der Waals surface area contributed by atoms with Gasteiger partial charge in [-0.2, -0.15) is 0 Å². The van der Waals surface area contributed by atoms with E-state index in [0.717, 1.165) is 143 Å². The van der Waals surface area contributed by atoms with Crippen LogP contribution in [0, 0.1) is 9.20 Å². The summed E-state index contributed by atoms with van der Waals surface area (Å²) in [6, 6.07) is 45.9. The minimum Gasteiger partial charge on any atom is -0.481 e. The van der Waals surface area contributed by atoms with Gasteiger partial charge in [-0.3, -0.25) is 38.0 Å². The standard InChI is InChI=1S/C62H60N4O7S4/c67-53(68)28-17-6-4-2-1-3-5-7-18-35-63-58(72)55(76-60(63)56-59(73)65(62(74)77-56)39-42-20-11-8-12-21-42)61-64(40-54(69)70)57(71)52(75-61)38-43-31-34-51-49(37-43)47-26-19-27-50(47)66(51)46-32-29-41(30-33-46)36-48(44-22-13-9-14-23-44)45-24-15-10-16-25-45/h8-16,20-25,29-34,36-38,47,50H,1-7,17-19,26-28,35,39-40H2,(H,67,68)(H,69,70)/b52-38-,60-56+,61-55+. The Morgan fingerprint density at radius 2 is 1.27 bits per heavy atom. The average molecular weight is 1100 g/mol. The van der Waals surface area contributed by atoms with Gasteiger partial charge in [-0.25, -0.2) is 0 Å². The molecule has 2 N–H and O–H groups in total. The highest BCUT2D eigenvalue weighted by atomic mass is 32.2. The van der Waals surface area contributed by atoms with Crippen LogP contribution in [0.15, 0.2) is 143 Å². The molecule has 0 radical (unpaired) electrons. The number of aliphatic carboxylic acids is 2. The second-order valence-electron chi connectivity index (χ2n) is 20.0. The van der Waals surface area contributed by atoms with E-state index in [4.69, 9.17) is 17.3 Å². The number of carbonyl (C=O) groups is 3. The number of carboxylic acids is 2. The van der Waals surface area contributed by atoms with E-state index >= 15 is 0 Å². The molecule has 5 aromatic carbocycles. The molecule has 2 unspecified atom stereocenters. The summed E-state index contributed by atoms with van der Waals surface area (Å²) in [5.74, 6) is -1.97. The number of hydrogen-bond acceptors (Lipinski definition) is 10. The van der Waals surface area contributed by atoms with Crippen molar-refractivity contribution in [3.05, 3.63) is 206 Å². The number of anilines is 2. The number of rotatable bonds is 21. The molecule has 3 aliphatic rings. The van der Waals surface area contributed by atoms with E-state index in [-0.39, 0.29) is 39.7 Å². The maximum atomic E-state index is 14.8. The third-order valence-electron chi connectivity index (χ3n) is 14.7. The van der Waals surface area contributed by atoms with Crippen molar-refractivity contribution in [2.24, 2.45) is 0 Å². The Kier molecular flexibility index (Phi) is 17.1. The number of carbonyl (C=O) groups excluding carboxylic acids is 1. The summed E-state index contributed by atoms with van der Waals surface area (Å²) < 4.78 is 4.38. The molecular formula is C62H60N4O7S4. The van der Waals surface area contributed by atoms with Crippen molar-refractivity contribution < 1.29 is 24.6 Å². The monoisotopic (exact) mass is 1100 g/mol. The zero-order valence-corrected chi connectivity index (χ0v) is 45.9. The molecule has 10 rings (SSSR count). The normalized spacial score (nSPS) is 17.3. The summed E-state index contributed by atoms with van der Waals surface area (Å²) >= 11 is 9.14. The minimum absolute atomic E-state index is 0.203. The highest BCUT2D eigenvalue weighted by molar-refractivity contribution is 8.30. The van der Waals surface area contributed by atoms with Crippen LogP contribution in [0.3, 0.4) is 0 Å². The average Bonchev–Trinajstić information content (AvgIpc) is 4.33. The van der Waals surface area contributed by atoms with Crippen molar-refractivity contribution in [1.82, 2.24) is 14.0 Å². The lowest BCUT2D eigenvalue weighted by Gasteiger charge is -2.27. The SMILES string of the molecule is O=C(O)CCCCCCCCCCCn1c(=O)/c(=c2\s/c(=C\c3ccc4c(c3)C3CCCC3N4c3ccc(C=C(c4ccccc4)c4ccccc4)cc3)c(=O)n2CC(=O)O)s/c1=C1/SC(=S)N(Cc2ccccc2)C1=O. The molecule has 2 aromatic heterocycles. The summed E-state index contributed by atoms with van der Waals surface area (Å²) in [4.78, 5) is 71.2. The number of benzene rings is 5.